The lowest BCUT2D eigenvalue weighted by atomic mass is 10.0. The van der Waals surface area contributed by atoms with Crippen molar-refractivity contribution < 1.29 is 23.4 Å². The van der Waals surface area contributed by atoms with Crippen LogP contribution in [0.15, 0.2) is 12.1 Å². The molecule has 1 unspecified atom stereocenters. The SMILES string of the molecule is COc1cc(C(O)CN)c(OC)cc1C(F)F. The minimum Gasteiger partial charge on any atom is -0.496 e. The van der Waals surface area contributed by atoms with Crippen LogP contribution in [0.2, 0.25) is 0 Å². The van der Waals surface area contributed by atoms with Gasteiger partial charge >= 0.3 is 0 Å². The van der Waals surface area contributed by atoms with Crippen molar-refractivity contribution in [3.05, 3.63) is 23.3 Å². The van der Waals surface area contributed by atoms with Crippen LogP contribution in [-0.4, -0.2) is 25.9 Å². The summed E-state index contributed by atoms with van der Waals surface area (Å²) in [7, 11) is 2.62. The average molecular weight is 247 g/mol. The van der Waals surface area contributed by atoms with Gasteiger partial charge in [-0.3, -0.25) is 0 Å². The Bertz CT molecular complexity index is 385. The third-order valence-corrected chi connectivity index (χ3v) is 2.40. The molecule has 0 aromatic heterocycles. The number of aliphatic hydroxyl groups excluding tert-OH is 1. The van der Waals surface area contributed by atoms with Gasteiger partial charge in [-0.1, -0.05) is 0 Å². The second kappa shape index (κ2) is 5.79. The van der Waals surface area contributed by atoms with Crippen molar-refractivity contribution in [3.8, 4) is 11.5 Å². The van der Waals surface area contributed by atoms with Crippen molar-refractivity contribution in [2.45, 2.75) is 12.5 Å². The number of ether oxygens (including phenoxy) is 2. The Morgan fingerprint density at radius 2 is 1.65 bits per heavy atom. The molecule has 0 spiro atoms. The zero-order valence-corrected chi connectivity index (χ0v) is 9.61. The Kier molecular flexibility index (Phi) is 4.65. The summed E-state index contributed by atoms with van der Waals surface area (Å²) >= 11 is 0. The molecule has 1 aromatic carbocycles. The quantitative estimate of drug-likeness (QED) is 0.830. The van der Waals surface area contributed by atoms with Gasteiger partial charge in [0.1, 0.15) is 11.5 Å². The molecule has 96 valence electrons. The molecular formula is C11H15F2NO3. The van der Waals surface area contributed by atoms with E-state index in [2.05, 4.69) is 0 Å². The van der Waals surface area contributed by atoms with Gasteiger partial charge in [0.05, 0.1) is 25.9 Å². The van der Waals surface area contributed by atoms with Crippen LogP contribution in [0.5, 0.6) is 11.5 Å². The Morgan fingerprint density at radius 3 is 2.06 bits per heavy atom. The van der Waals surface area contributed by atoms with E-state index < -0.39 is 12.5 Å². The minimum atomic E-state index is -2.68. The third-order valence-electron chi connectivity index (χ3n) is 2.40. The number of hydrogen-bond donors (Lipinski definition) is 2. The molecule has 1 rings (SSSR count). The minimum absolute atomic E-state index is 0.00306. The standard InChI is InChI=1S/C11H15F2NO3/c1-16-9-4-7(11(12)13)10(17-2)3-6(9)8(15)5-14/h3-4,8,11,15H,5,14H2,1-2H3. The lowest BCUT2D eigenvalue weighted by Crippen LogP contribution is -2.13. The lowest BCUT2D eigenvalue weighted by molar-refractivity contribution is 0.145. The van der Waals surface area contributed by atoms with Gasteiger partial charge < -0.3 is 20.3 Å². The van der Waals surface area contributed by atoms with Crippen molar-refractivity contribution >= 4 is 0 Å². The van der Waals surface area contributed by atoms with Gasteiger partial charge in [-0.25, -0.2) is 8.78 Å². The smallest absolute Gasteiger partial charge is 0.267 e. The van der Waals surface area contributed by atoms with Crippen molar-refractivity contribution in [1.82, 2.24) is 0 Å². The van der Waals surface area contributed by atoms with Crippen LogP contribution in [0.3, 0.4) is 0 Å². The highest BCUT2D eigenvalue weighted by atomic mass is 19.3. The topological polar surface area (TPSA) is 64.7 Å². The maximum absolute atomic E-state index is 12.7. The average Bonchev–Trinajstić information content (AvgIpc) is 2.35. The molecule has 0 radical (unpaired) electrons. The van der Waals surface area contributed by atoms with Gasteiger partial charge in [-0.05, 0) is 12.1 Å². The normalized spacial score (nSPS) is 12.6. The second-order valence-electron chi connectivity index (χ2n) is 3.39. The number of hydrogen-bond acceptors (Lipinski definition) is 4. The molecule has 0 saturated carbocycles. The fraction of sp³-hybridized carbons (Fsp3) is 0.455. The second-order valence-corrected chi connectivity index (χ2v) is 3.39. The van der Waals surface area contributed by atoms with E-state index in [0.717, 1.165) is 6.07 Å². The highest BCUT2D eigenvalue weighted by Gasteiger charge is 2.20. The first kappa shape index (κ1) is 13.7. The van der Waals surface area contributed by atoms with Crippen LogP contribution < -0.4 is 15.2 Å². The number of benzene rings is 1. The molecule has 0 bridgehead atoms. The molecule has 1 atom stereocenters. The van der Waals surface area contributed by atoms with E-state index in [1.54, 1.807) is 0 Å². The summed E-state index contributed by atoms with van der Waals surface area (Å²) in [5, 5.41) is 9.64. The zero-order chi connectivity index (χ0) is 13.0. The molecule has 0 heterocycles. The van der Waals surface area contributed by atoms with Crippen molar-refractivity contribution in [2.75, 3.05) is 20.8 Å². The molecule has 0 saturated heterocycles. The van der Waals surface area contributed by atoms with E-state index in [9.17, 15) is 13.9 Å². The molecule has 0 fully saturated rings. The van der Waals surface area contributed by atoms with Crippen LogP contribution in [0.4, 0.5) is 8.78 Å². The first-order chi connectivity index (χ1) is 8.04. The number of alkyl halides is 2. The van der Waals surface area contributed by atoms with Gasteiger partial charge in [0.15, 0.2) is 0 Å². The molecule has 0 aliphatic rings. The first-order valence-corrected chi connectivity index (χ1v) is 4.97. The molecule has 0 aliphatic carbocycles. The Morgan fingerprint density at radius 1 is 1.18 bits per heavy atom. The molecule has 1 aromatic rings. The van der Waals surface area contributed by atoms with E-state index in [-0.39, 0.29) is 23.6 Å². The molecule has 0 aliphatic heterocycles. The summed E-state index contributed by atoms with van der Waals surface area (Å²) in [5.41, 5.74) is 5.37. The van der Waals surface area contributed by atoms with Gasteiger partial charge in [0.25, 0.3) is 6.43 Å². The van der Waals surface area contributed by atoms with E-state index in [4.69, 9.17) is 15.2 Å². The zero-order valence-electron chi connectivity index (χ0n) is 9.61. The van der Waals surface area contributed by atoms with Gasteiger partial charge in [0.2, 0.25) is 0 Å². The molecule has 4 nitrogen and oxygen atoms in total. The largest absolute Gasteiger partial charge is 0.496 e. The molecule has 3 N–H and O–H groups in total. The number of nitrogens with two attached hydrogens (primary N) is 1. The van der Waals surface area contributed by atoms with Crippen molar-refractivity contribution in [3.63, 3.8) is 0 Å². The third kappa shape index (κ3) is 2.83. The Balaban J connectivity index is 3.32. The van der Waals surface area contributed by atoms with Crippen molar-refractivity contribution in [1.29, 1.82) is 0 Å². The number of rotatable bonds is 5. The molecule has 0 amide bonds. The van der Waals surface area contributed by atoms with Crippen LogP contribution in [0.25, 0.3) is 0 Å². The van der Waals surface area contributed by atoms with E-state index in [1.165, 1.54) is 20.3 Å². The number of aliphatic hydroxyl groups is 1. The predicted molar refractivity (Wildman–Crippen MR) is 58.5 cm³/mol. The number of halogens is 2. The fourth-order valence-electron chi connectivity index (χ4n) is 1.50. The maximum atomic E-state index is 12.7. The van der Waals surface area contributed by atoms with E-state index in [1.807, 2.05) is 0 Å². The summed E-state index contributed by atoms with van der Waals surface area (Å²) in [6.45, 7) is -0.0342. The highest BCUT2D eigenvalue weighted by Crippen LogP contribution is 2.37. The van der Waals surface area contributed by atoms with Crippen LogP contribution in [0.1, 0.15) is 23.7 Å². The lowest BCUT2D eigenvalue weighted by Gasteiger charge is -2.17. The molecule has 17 heavy (non-hydrogen) atoms. The summed E-state index contributed by atoms with van der Waals surface area (Å²) in [6.07, 6.45) is -3.66. The van der Waals surface area contributed by atoms with Gasteiger partial charge in [0, 0.05) is 12.1 Å². The maximum Gasteiger partial charge on any atom is 0.267 e. The molecular weight excluding hydrogens is 232 g/mol. The summed E-state index contributed by atoms with van der Waals surface area (Å²) < 4.78 is 35.3. The van der Waals surface area contributed by atoms with Gasteiger partial charge in [-0.15, -0.1) is 0 Å². The highest BCUT2D eigenvalue weighted by molar-refractivity contribution is 5.48. The van der Waals surface area contributed by atoms with Gasteiger partial charge in [-0.2, -0.15) is 0 Å². The monoisotopic (exact) mass is 247 g/mol. The number of methoxy groups -OCH3 is 2. The molecule has 6 heteroatoms. The van der Waals surface area contributed by atoms with Crippen LogP contribution >= 0.6 is 0 Å². The fourth-order valence-corrected chi connectivity index (χ4v) is 1.50. The van der Waals surface area contributed by atoms with E-state index >= 15 is 0 Å². The predicted octanol–water partition coefficient (Wildman–Crippen LogP) is 1.63. The van der Waals surface area contributed by atoms with Crippen LogP contribution in [0, 0.1) is 0 Å². The first-order valence-electron chi connectivity index (χ1n) is 4.97. The van der Waals surface area contributed by atoms with Crippen molar-refractivity contribution in [2.24, 2.45) is 5.73 Å². The summed E-state index contributed by atoms with van der Waals surface area (Å²) in [5.74, 6) is 0.169. The van der Waals surface area contributed by atoms with E-state index in [0.29, 0.717) is 5.56 Å². The summed E-state index contributed by atoms with van der Waals surface area (Å²) in [4.78, 5) is 0. The van der Waals surface area contributed by atoms with Crippen LogP contribution in [-0.2, 0) is 0 Å². The Hall–Kier alpha value is -1.40. The summed E-state index contributed by atoms with van der Waals surface area (Å²) in [6, 6.07) is 2.47. The Labute approximate surface area is 97.9 Å².